The van der Waals surface area contributed by atoms with E-state index < -0.39 is 64.0 Å². The lowest BCUT2D eigenvalue weighted by atomic mass is 10.1. The van der Waals surface area contributed by atoms with Crippen LogP contribution in [-0.2, 0) is 50.4 Å². The highest BCUT2D eigenvalue weighted by molar-refractivity contribution is 7.55. The van der Waals surface area contributed by atoms with Gasteiger partial charge in [0.05, 0.1) is 39.0 Å². The minimum absolute atomic E-state index is 0.0104. The van der Waals surface area contributed by atoms with Crippen molar-refractivity contribution in [1.29, 1.82) is 0 Å². The summed E-state index contributed by atoms with van der Waals surface area (Å²) < 4.78 is 64.3. The van der Waals surface area contributed by atoms with Gasteiger partial charge in [-0.05, 0) is 50.6 Å². The van der Waals surface area contributed by atoms with E-state index in [-0.39, 0.29) is 61.5 Å². The number of nitrogens with two attached hydrogens (primary N) is 1. The summed E-state index contributed by atoms with van der Waals surface area (Å²) in [6.07, 6.45) is 0.163. The number of aromatic nitrogens is 8. The molecule has 22 heteroatoms. The van der Waals surface area contributed by atoms with E-state index in [4.69, 9.17) is 48.2 Å². The third-order valence-electron chi connectivity index (χ3n) is 9.22. The Morgan fingerprint density at radius 3 is 2.48 bits per heavy atom. The Kier molecular flexibility index (Phi) is 13.6. The normalized spacial score (nSPS) is 21.8. The number of aliphatic hydroxyl groups excluding tert-OH is 1. The SMILES string of the molecule is CCOP(=O)(OCC)[C@@](CO)(Cc1nnn(COCC[Si](C)(C)C)n1)OC[C@H]1O[C@@H](n2ncc3c(OC(N)=O)nc(/C=C/c4ccccc4)nc32)[C@@H]2OC(C)(C)O[C@@H]21. The molecule has 316 valence electrons. The van der Waals surface area contributed by atoms with Crippen molar-refractivity contribution in [3.8, 4) is 5.88 Å². The summed E-state index contributed by atoms with van der Waals surface area (Å²) in [5.41, 5.74) is 6.54. The monoisotopic (exact) mass is 845 g/mol. The zero-order chi connectivity index (χ0) is 41.7. The minimum Gasteiger partial charge on any atom is -0.393 e. The van der Waals surface area contributed by atoms with E-state index in [0.29, 0.717) is 6.61 Å². The second kappa shape index (κ2) is 18.1. The third kappa shape index (κ3) is 10.0. The second-order valence-electron chi connectivity index (χ2n) is 15.4. The van der Waals surface area contributed by atoms with Gasteiger partial charge in [-0.25, -0.2) is 14.5 Å². The molecule has 3 N–H and O–H groups in total. The molecule has 0 spiro atoms. The van der Waals surface area contributed by atoms with Crippen molar-refractivity contribution < 1.29 is 51.9 Å². The Hall–Kier alpha value is -4.02. The number of fused-ring (bicyclic) bond motifs is 2. The van der Waals surface area contributed by atoms with Gasteiger partial charge in [0.2, 0.25) is 5.88 Å². The van der Waals surface area contributed by atoms with Crippen molar-refractivity contribution in [3.63, 3.8) is 0 Å². The van der Waals surface area contributed by atoms with Crippen LogP contribution >= 0.6 is 7.60 Å². The molecule has 0 radical (unpaired) electrons. The van der Waals surface area contributed by atoms with Crippen molar-refractivity contribution in [3.05, 3.63) is 53.7 Å². The van der Waals surface area contributed by atoms with Crippen molar-refractivity contribution in [1.82, 2.24) is 40.0 Å². The van der Waals surface area contributed by atoms with Crippen molar-refractivity contribution >= 4 is 44.9 Å². The van der Waals surface area contributed by atoms with Gasteiger partial charge in [0.25, 0.3) is 0 Å². The molecule has 58 heavy (non-hydrogen) atoms. The number of rotatable bonds is 20. The zero-order valence-electron chi connectivity index (χ0n) is 33.7. The number of benzene rings is 1. The number of carbonyl (C=O) groups is 1. The Morgan fingerprint density at radius 2 is 1.81 bits per heavy atom. The van der Waals surface area contributed by atoms with Crippen LogP contribution in [0.15, 0.2) is 36.5 Å². The molecule has 6 rings (SSSR count). The van der Waals surface area contributed by atoms with Crippen molar-refractivity contribution in [2.24, 2.45) is 5.73 Å². The summed E-state index contributed by atoms with van der Waals surface area (Å²) in [6, 6.07) is 10.5. The molecule has 2 saturated heterocycles. The molecule has 0 unspecified atom stereocenters. The van der Waals surface area contributed by atoms with Crippen molar-refractivity contribution in [2.75, 3.05) is 33.0 Å². The fraction of sp³-hybridized carbons (Fsp3) is 0.583. The maximum absolute atomic E-state index is 14.6. The van der Waals surface area contributed by atoms with Crippen LogP contribution in [0.2, 0.25) is 25.7 Å². The number of primary amides is 1. The minimum atomic E-state index is -4.26. The van der Waals surface area contributed by atoms with Gasteiger partial charge in [-0.1, -0.05) is 56.0 Å². The first-order chi connectivity index (χ1) is 27.6. The highest BCUT2D eigenvalue weighted by Gasteiger charge is 2.59. The summed E-state index contributed by atoms with van der Waals surface area (Å²) >= 11 is 0. The number of amides is 1. The third-order valence-corrected chi connectivity index (χ3v) is 13.5. The largest absolute Gasteiger partial charge is 0.411 e. The Labute approximate surface area is 336 Å². The van der Waals surface area contributed by atoms with Gasteiger partial charge < -0.3 is 48.3 Å². The molecule has 0 aliphatic carbocycles. The first kappa shape index (κ1) is 43.6. The van der Waals surface area contributed by atoms with E-state index in [0.717, 1.165) is 11.6 Å². The second-order valence-corrected chi connectivity index (χ2v) is 23.3. The number of hydrogen-bond donors (Lipinski definition) is 2. The van der Waals surface area contributed by atoms with Gasteiger partial charge in [-0.2, -0.15) is 10.1 Å². The van der Waals surface area contributed by atoms with Crippen LogP contribution in [0.5, 0.6) is 5.88 Å². The summed E-state index contributed by atoms with van der Waals surface area (Å²) in [5, 5.41) is 26.5. The van der Waals surface area contributed by atoms with Gasteiger partial charge in [0.1, 0.15) is 23.7 Å². The molecule has 1 aromatic carbocycles. The summed E-state index contributed by atoms with van der Waals surface area (Å²) in [5.74, 6) is -0.849. The molecule has 5 heterocycles. The number of ether oxygens (including phenoxy) is 6. The Morgan fingerprint density at radius 1 is 1.09 bits per heavy atom. The smallest absolute Gasteiger partial charge is 0.393 e. The lowest BCUT2D eigenvalue weighted by Gasteiger charge is -2.37. The molecule has 4 aromatic rings. The Balaban J connectivity index is 1.29. The molecule has 2 aliphatic heterocycles. The summed E-state index contributed by atoms with van der Waals surface area (Å²) in [6.45, 7) is 13.1. The fourth-order valence-electron chi connectivity index (χ4n) is 6.51. The number of carbonyl (C=O) groups excluding carboxylic acids is 1. The van der Waals surface area contributed by atoms with E-state index >= 15 is 0 Å². The first-order valence-corrected chi connectivity index (χ1v) is 24.3. The van der Waals surface area contributed by atoms with Gasteiger partial charge >= 0.3 is 13.7 Å². The molecular weight excluding hydrogens is 794 g/mol. The quantitative estimate of drug-likeness (QED) is 0.0712. The van der Waals surface area contributed by atoms with Gasteiger partial charge in [-0.15, -0.1) is 15.0 Å². The maximum atomic E-state index is 14.6. The number of tetrazole rings is 1. The summed E-state index contributed by atoms with van der Waals surface area (Å²) in [4.78, 5) is 22.3. The van der Waals surface area contributed by atoms with Crippen LogP contribution in [0.25, 0.3) is 23.2 Å². The molecular formula is C36H52N9O11PSi. The average molecular weight is 846 g/mol. The number of aliphatic hydroxyl groups is 1. The standard InChI is InChI=1S/C36H52N9O11PSi/c1-8-51-57(48,52-9-2)36(22-46,19-28-41-43-44(42-28)23-49-17-18-58(5,6)7)50-21-26-29-30(56-35(3,4)55-29)33(53-26)45-31-25(20-38-45)32(54-34(37)47)40-27(39-31)16-15-24-13-11-10-12-14-24/h10-16,20,26,29-30,33,46H,8-9,17-19,21-23H2,1-7H3,(H2,37,47)/b16-15+/t26-,29-,30-,33-,36-/m1/s1. The van der Waals surface area contributed by atoms with Crippen LogP contribution in [0.4, 0.5) is 4.79 Å². The molecule has 2 aliphatic rings. The highest BCUT2D eigenvalue weighted by atomic mass is 31.2. The molecule has 5 atom stereocenters. The first-order valence-electron chi connectivity index (χ1n) is 19.0. The zero-order valence-corrected chi connectivity index (χ0v) is 35.6. The van der Waals surface area contributed by atoms with Gasteiger partial charge in [0, 0.05) is 14.7 Å². The highest BCUT2D eigenvalue weighted by Crippen LogP contribution is 2.62. The molecule has 0 saturated carbocycles. The Bertz CT molecular complexity index is 2090. The van der Waals surface area contributed by atoms with Crippen molar-refractivity contribution in [2.45, 2.75) is 102 Å². The van der Waals surface area contributed by atoms with E-state index in [1.807, 2.05) is 30.3 Å². The predicted molar refractivity (Wildman–Crippen MR) is 211 cm³/mol. The van der Waals surface area contributed by atoms with Gasteiger partial charge in [0.15, 0.2) is 41.4 Å². The van der Waals surface area contributed by atoms with Crippen LogP contribution in [0, 0.1) is 0 Å². The molecule has 2 fully saturated rings. The van der Waals surface area contributed by atoms with Crippen LogP contribution in [0.1, 0.15) is 51.1 Å². The molecule has 1 amide bonds. The average Bonchev–Trinajstić information content (AvgIpc) is 3.94. The van der Waals surface area contributed by atoms with Gasteiger partial charge in [-0.3, -0.25) is 4.57 Å². The molecule has 20 nitrogen and oxygen atoms in total. The number of nitrogens with zero attached hydrogens (tertiary/aromatic N) is 8. The van der Waals surface area contributed by atoms with Crippen LogP contribution < -0.4 is 10.5 Å². The lowest BCUT2D eigenvalue weighted by molar-refractivity contribution is -0.207. The number of hydrogen-bond acceptors (Lipinski definition) is 17. The van der Waals surface area contributed by atoms with E-state index in [2.05, 4.69) is 45.1 Å². The predicted octanol–water partition coefficient (Wildman–Crippen LogP) is 4.38. The topological polar surface area (TPSA) is 241 Å². The fourth-order valence-corrected chi connectivity index (χ4v) is 9.24. The van der Waals surface area contributed by atoms with E-state index in [1.54, 1.807) is 39.8 Å². The van der Waals surface area contributed by atoms with E-state index in [1.165, 1.54) is 15.7 Å². The van der Waals surface area contributed by atoms with Crippen LogP contribution in [0.3, 0.4) is 0 Å². The van der Waals surface area contributed by atoms with E-state index in [9.17, 15) is 14.5 Å². The molecule has 0 bridgehead atoms. The lowest BCUT2D eigenvalue weighted by Crippen LogP contribution is -2.44. The summed E-state index contributed by atoms with van der Waals surface area (Å²) in [7, 11) is -5.57. The maximum Gasteiger partial charge on any atom is 0.411 e. The van der Waals surface area contributed by atoms with Crippen LogP contribution in [-0.4, -0.2) is 122 Å². The molecule has 3 aromatic heterocycles.